The zero-order valence-corrected chi connectivity index (χ0v) is 18.1. The zero-order chi connectivity index (χ0) is 22.5. The van der Waals surface area contributed by atoms with Crippen molar-refractivity contribution < 1.29 is 19.7 Å². The average Bonchev–Trinajstić information content (AvgIpc) is 3.20. The number of methoxy groups -OCH3 is 1. The lowest BCUT2D eigenvalue weighted by Gasteiger charge is -2.22. The summed E-state index contributed by atoms with van der Waals surface area (Å²) >= 11 is 0. The van der Waals surface area contributed by atoms with Gasteiger partial charge in [0.05, 0.1) is 25.7 Å². The van der Waals surface area contributed by atoms with Gasteiger partial charge in [0.2, 0.25) is 0 Å². The Morgan fingerprint density at radius 1 is 1.22 bits per heavy atom. The topological polar surface area (TPSA) is 108 Å². The number of aliphatic hydroxyl groups is 1. The molecule has 32 heavy (non-hydrogen) atoms. The quantitative estimate of drug-likeness (QED) is 0.480. The fraction of sp³-hybridized carbons (Fsp3) is 0.375. The lowest BCUT2D eigenvalue weighted by Crippen LogP contribution is -2.42. The van der Waals surface area contributed by atoms with E-state index in [4.69, 9.17) is 4.74 Å². The van der Waals surface area contributed by atoms with Gasteiger partial charge in [0.1, 0.15) is 23.7 Å². The van der Waals surface area contributed by atoms with Crippen LogP contribution in [0.3, 0.4) is 0 Å². The Bertz CT molecular complexity index is 1000. The summed E-state index contributed by atoms with van der Waals surface area (Å²) in [5.41, 5.74) is 3.23. The fourth-order valence-corrected chi connectivity index (χ4v) is 4.18. The maximum Gasteiger partial charge on any atom is 0.443 e. The van der Waals surface area contributed by atoms with Crippen LogP contribution in [0.15, 0.2) is 48.5 Å². The van der Waals surface area contributed by atoms with E-state index in [1.807, 2.05) is 47.5 Å². The molecule has 8 nitrogen and oxygen atoms in total. The van der Waals surface area contributed by atoms with Gasteiger partial charge >= 0.3 is 11.9 Å². The summed E-state index contributed by atoms with van der Waals surface area (Å²) in [6, 6.07) is 15.2. The maximum atomic E-state index is 11.4. The first-order valence-electron chi connectivity index (χ1n) is 10.8. The smallest absolute Gasteiger partial charge is 0.443 e. The first kappa shape index (κ1) is 21.9. The van der Waals surface area contributed by atoms with Crippen LogP contribution in [0.25, 0.3) is 0 Å². The molecule has 3 atom stereocenters. The summed E-state index contributed by atoms with van der Waals surface area (Å²) in [6.45, 7) is 1.97. The number of nitrogens with zero attached hydrogens (tertiary/aromatic N) is 2. The van der Waals surface area contributed by atoms with Gasteiger partial charge in [-0.1, -0.05) is 24.3 Å². The predicted molar refractivity (Wildman–Crippen MR) is 124 cm³/mol. The summed E-state index contributed by atoms with van der Waals surface area (Å²) in [5.74, 6) is 0.790. The summed E-state index contributed by atoms with van der Waals surface area (Å²) < 4.78 is 9.73. The molecule has 0 aliphatic carbocycles. The number of hydrogen-bond acceptors (Lipinski definition) is 6. The number of carboxylic acid groups (broad SMARTS) is 1. The molecule has 1 unspecified atom stereocenters. The Hall–Kier alpha value is -3.32. The van der Waals surface area contributed by atoms with E-state index in [0.29, 0.717) is 25.5 Å². The van der Waals surface area contributed by atoms with Crippen molar-refractivity contribution in [2.45, 2.75) is 30.9 Å². The molecule has 0 radical (unpaired) electrons. The van der Waals surface area contributed by atoms with Crippen LogP contribution in [-0.2, 0) is 11.2 Å². The molecule has 4 rings (SSSR count). The fourth-order valence-electron chi connectivity index (χ4n) is 4.18. The van der Waals surface area contributed by atoms with Crippen LogP contribution in [0.1, 0.15) is 23.5 Å². The van der Waals surface area contributed by atoms with Gasteiger partial charge in [0.15, 0.2) is 0 Å². The van der Waals surface area contributed by atoms with E-state index in [2.05, 4.69) is 27.4 Å². The monoisotopic (exact) mass is 437 g/mol. The lowest BCUT2D eigenvalue weighted by molar-refractivity contribution is -0.144. The number of nitrogens with one attached hydrogen (secondary N) is 2. The first-order valence-corrected chi connectivity index (χ1v) is 10.8. The second-order valence-corrected chi connectivity index (χ2v) is 8.13. The Morgan fingerprint density at radius 2 is 1.97 bits per heavy atom. The summed E-state index contributed by atoms with van der Waals surface area (Å²) in [6.07, 6.45) is 2.39. The van der Waals surface area contributed by atoms with Crippen LogP contribution in [0.4, 0.5) is 5.69 Å². The van der Waals surface area contributed by atoms with Gasteiger partial charge in [-0.05, 0) is 48.2 Å². The maximum absolute atomic E-state index is 11.4. The average molecular weight is 438 g/mol. The van der Waals surface area contributed by atoms with E-state index in [0.717, 1.165) is 30.0 Å². The highest BCUT2D eigenvalue weighted by molar-refractivity contribution is 5.96. The third-order valence-electron chi connectivity index (χ3n) is 6.04. The van der Waals surface area contributed by atoms with Gasteiger partial charge in [-0.3, -0.25) is 15.0 Å². The molecular weight excluding hydrogens is 408 g/mol. The number of ether oxygens (including phenoxy) is 1. The van der Waals surface area contributed by atoms with Crippen molar-refractivity contribution in [3.05, 3.63) is 59.7 Å². The minimum Gasteiger partial charge on any atom is -0.497 e. The Balaban J connectivity index is 1.31. The number of anilines is 1. The number of likely N-dealkylation sites (tertiary alicyclic amines) is 1. The third-order valence-corrected chi connectivity index (χ3v) is 6.04. The highest BCUT2D eigenvalue weighted by Gasteiger charge is 2.37. The molecule has 2 aliphatic heterocycles. The number of carbonyl (C=O) groups is 1. The second-order valence-electron chi connectivity index (χ2n) is 8.13. The van der Waals surface area contributed by atoms with Crippen LogP contribution in [0.2, 0.25) is 0 Å². The number of benzene rings is 2. The molecule has 1 fully saturated rings. The van der Waals surface area contributed by atoms with E-state index in [1.54, 1.807) is 7.11 Å². The van der Waals surface area contributed by atoms with Crippen LogP contribution in [-0.4, -0.2) is 72.1 Å². The van der Waals surface area contributed by atoms with Crippen molar-refractivity contribution in [3.8, 4) is 5.75 Å². The molecule has 0 spiro atoms. The molecule has 2 heterocycles. The largest absolute Gasteiger partial charge is 0.497 e. The predicted octanol–water partition coefficient (Wildman–Crippen LogP) is 1.05. The molecule has 2 aliphatic rings. The molecule has 2 aromatic rings. The van der Waals surface area contributed by atoms with E-state index < -0.39 is 18.1 Å². The zero-order valence-electron chi connectivity index (χ0n) is 18.1. The Kier molecular flexibility index (Phi) is 6.75. The third kappa shape index (κ3) is 5.11. The summed E-state index contributed by atoms with van der Waals surface area (Å²) in [7, 11) is 1.66. The van der Waals surface area contributed by atoms with E-state index in [1.165, 1.54) is 5.56 Å². The minimum atomic E-state index is -0.957. The van der Waals surface area contributed by atoms with Crippen molar-refractivity contribution >= 4 is 23.8 Å². The van der Waals surface area contributed by atoms with Crippen LogP contribution in [0, 0.1) is 0 Å². The van der Waals surface area contributed by atoms with E-state index in [9.17, 15) is 15.0 Å². The van der Waals surface area contributed by atoms with Crippen LogP contribution in [0.5, 0.6) is 5.75 Å². The summed E-state index contributed by atoms with van der Waals surface area (Å²) in [4.78, 5) is 13.2. The molecular formula is C24H29N4O4+. The number of hydrogen-bond donors (Lipinski definition) is 4. The van der Waals surface area contributed by atoms with Gasteiger partial charge in [0.25, 0.3) is 0 Å². The normalized spacial score (nSPS) is 22.8. The molecule has 0 amide bonds. The van der Waals surface area contributed by atoms with Crippen LogP contribution < -0.4 is 20.0 Å². The Labute approximate surface area is 187 Å². The van der Waals surface area contributed by atoms with Crippen molar-refractivity contribution in [3.63, 3.8) is 0 Å². The van der Waals surface area contributed by atoms with E-state index >= 15 is 0 Å². The Morgan fingerprint density at radius 3 is 2.59 bits per heavy atom. The lowest BCUT2D eigenvalue weighted by atomic mass is 10.00. The van der Waals surface area contributed by atoms with Gasteiger partial charge < -0.3 is 14.9 Å². The highest BCUT2D eigenvalue weighted by atomic mass is 16.5. The molecule has 1 saturated heterocycles. The number of guanidine groups is 1. The van der Waals surface area contributed by atoms with Crippen molar-refractivity contribution in [2.24, 2.45) is 0 Å². The molecule has 168 valence electrons. The van der Waals surface area contributed by atoms with Crippen LogP contribution >= 0.6 is 0 Å². The van der Waals surface area contributed by atoms with E-state index in [-0.39, 0.29) is 5.92 Å². The van der Waals surface area contributed by atoms with Crippen molar-refractivity contribution in [1.29, 1.82) is 0 Å². The highest BCUT2D eigenvalue weighted by Crippen LogP contribution is 2.20. The van der Waals surface area contributed by atoms with Gasteiger partial charge in [-0.15, -0.1) is 0 Å². The number of carboxylic acids is 1. The van der Waals surface area contributed by atoms with Crippen molar-refractivity contribution in [1.82, 2.24) is 14.9 Å². The van der Waals surface area contributed by atoms with Crippen molar-refractivity contribution in [2.75, 3.05) is 32.1 Å². The molecule has 0 bridgehead atoms. The van der Waals surface area contributed by atoms with Gasteiger partial charge in [-0.2, -0.15) is 0 Å². The minimum absolute atomic E-state index is 0.201. The van der Waals surface area contributed by atoms with Gasteiger partial charge in [0, 0.05) is 13.1 Å². The van der Waals surface area contributed by atoms with Gasteiger partial charge in [-0.25, -0.2) is 9.98 Å². The number of aliphatic carboxylic acids is 1. The molecule has 4 N–H and O–H groups in total. The molecule has 8 heteroatoms. The standard InChI is InChI=1S/C24H28N4O4/c1-32-20-8-4-17(5-9-20)18-14-25-24(26-15-18)27-19-6-2-16(3-7-19)10-12-28-13-11-21(29)22(28)23(30)31/h2-9,14,18,21-22,29H,10-13,15H2,1H3,(H2,26,27,30,31)/p+1/t18?,21-,22+/m0/s1. The molecule has 0 aromatic heterocycles. The molecule has 0 saturated carbocycles. The SMILES string of the molecule is COc1ccc(C2C=[N+]=C(Nc3ccc(CCN4CC[C@H](O)[C@@H]4C(=O)O)cc3)NC2)cc1. The second kappa shape index (κ2) is 9.87. The number of aliphatic hydroxyl groups excluding tert-OH is 1. The molecule has 2 aromatic carbocycles. The number of rotatable bonds is 7. The first-order chi connectivity index (χ1) is 15.5. The summed E-state index contributed by atoms with van der Waals surface area (Å²) in [5, 5.41) is 25.8.